The van der Waals surface area contributed by atoms with E-state index in [1.54, 1.807) is 11.8 Å². The van der Waals surface area contributed by atoms with Gasteiger partial charge in [-0.2, -0.15) is 11.8 Å². The van der Waals surface area contributed by atoms with Crippen LogP contribution in [-0.4, -0.2) is 26.2 Å². The molecule has 0 unspecified atom stereocenters. The molecule has 0 saturated carbocycles. The first kappa shape index (κ1) is 13.3. The van der Waals surface area contributed by atoms with Crippen molar-refractivity contribution in [1.29, 1.82) is 0 Å². The highest BCUT2D eigenvalue weighted by Gasteiger charge is 2.17. The molecule has 0 aliphatic heterocycles. The maximum atomic E-state index is 12.9. The highest BCUT2D eigenvalue weighted by molar-refractivity contribution is 7.98. The second kappa shape index (κ2) is 5.54. The minimum atomic E-state index is -3.46. The Labute approximate surface area is 99.1 Å². The molecule has 6 heteroatoms. The van der Waals surface area contributed by atoms with E-state index in [0.717, 1.165) is 17.9 Å². The number of sulfone groups is 1. The molecule has 0 aromatic heterocycles. The molecule has 1 rings (SSSR count). The Morgan fingerprint density at radius 2 is 2.12 bits per heavy atom. The summed E-state index contributed by atoms with van der Waals surface area (Å²) < 4.78 is 36.6. The van der Waals surface area contributed by atoms with E-state index < -0.39 is 15.7 Å². The van der Waals surface area contributed by atoms with Crippen LogP contribution in [0.1, 0.15) is 6.42 Å². The minimum absolute atomic E-state index is 0.00148. The molecule has 0 saturated heterocycles. The van der Waals surface area contributed by atoms with Gasteiger partial charge in [0, 0.05) is 0 Å². The van der Waals surface area contributed by atoms with Crippen LogP contribution in [0, 0.1) is 5.82 Å². The van der Waals surface area contributed by atoms with Gasteiger partial charge in [-0.1, -0.05) is 0 Å². The van der Waals surface area contributed by atoms with Crippen LogP contribution in [0.3, 0.4) is 0 Å². The summed E-state index contributed by atoms with van der Waals surface area (Å²) in [5, 5.41) is 0. The van der Waals surface area contributed by atoms with Gasteiger partial charge in [-0.05, 0) is 36.6 Å². The van der Waals surface area contributed by atoms with Gasteiger partial charge in [0.15, 0.2) is 9.84 Å². The summed E-state index contributed by atoms with van der Waals surface area (Å²) in [5.74, 6) is 0.174. The standard InChI is InChI=1S/C10H14FNO2S2/c1-15-5-2-6-16(13,14)10-7-8(11)3-4-9(10)12/h3-4,7H,2,5-6,12H2,1H3. The molecule has 3 nitrogen and oxygen atoms in total. The summed E-state index contributed by atoms with van der Waals surface area (Å²) in [5.41, 5.74) is 5.63. The fraction of sp³-hybridized carbons (Fsp3) is 0.400. The van der Waals surface area contributed by atoms with Crippen molar-refractivity contribution in [2.24, 2.45) is 0 Å². The zero-order chi connectivity index (χ0) is 12.2. The van der Waals surface area contributed by atoms with Gasteiger partial charge >= 0.3 is 0 Å². The molecule has 0 heterocycles. The van der Waals surface area contributed by atoms with Crippen molar-refractivity contribution < 1.29 is 12.8 Å². The number of hydrogen-bond acceptors (Lipinski definition) is 4. The van der Waals surface area contributed by atoms with Crippen molar-refractivity contribution in [2.45, 2.75) is 11.3 Å². The molecule has 0 aliphatic carbocycles. The number of halogens is 1. The predicted molar refractivity (Wildman–Crippen MR) is 65.9 cm³/mol. The van der Waals surface area contributed by atoms with E-state index in [1.165, 1.54) is 6.07 Å². The third-order valence-corrected chi connectivity index (χ3v) is 4.62. The Morgan fingerprint density at radius 1 is 1.44 bits per heavy atom. The quantitative estimate of drug-likeness (QED) is 0.651. The largest absolute Gasteiger partial charge is 0.398 e. The average Bonchev–Trinajstić information content (AvgIpc) is 2.22. The Balaban J connectivity index is 2.93. The van der Waals surface area contributed by atoms with Crippen LogP contribution in [0.15, 0.2) is 23.1 Å². The average molecular weight is 263 g/mol. The van der Waals surface area contributed by atoms with E-state index in [0.29, 0.717) is 6.42 Å². The maximum Gasteiger partial charge on any atom is 0.180 e. The highest BCUT2D eigenvalue weighted by atomic mass is 32.2. The third kappa shape index (κ3) is 3.38. The van der Waals surface area contributed by atoms with Crippen LogP contribution >= 0.6 is 11.8 Å². The first-order valence-electron chi connectivity index (χ1n) is 4.74. The lowest BCUT2D eigenvalue weighted by Crippen LogP contribution is -2.10. The lowest BCUT2D eigenvalue weighted by atomic mass is 10.3. The van der Waals surface area contributed by atoms with Crippen LogP contribution in [0.5, 0.6) is 0 Å². The minimum Gasteiger partial charge on any atom is -0.398 e. The number of rotatable bonds is 5. The lowest BCUT2D eigenvalue weighted by molar-refractivity contribution is 0.590. The monoisotopic (exact) mass is 263 g/mol. The van der Waals surface area contributed by atoms with Gasteiger partial charge in [0.1, 0.15) is 5.82 Å². The zero-order valence-electron chi connectivity index (χ0n) is 8.94. The smallest absolute Gasteiger partial charge is 0.180 e. The Bertz CT molecular complexity index is 460. The van der Waals surface area contributed by atoms with E-state index in [1.807, 2.05) is 6.26 Å². The lowest BCUT2D eigenvalue weighted by Gasteiger charge is -2.07. The van der Waals surface area contributed by atoms with Gasteiger partial charge in [-0.15, -0.1) is 0 Å². The Morgan fingerprint density at radius 3 is 2.75 bits per heavy atom. The van der Waals surface area contributed by atoms with Gasteiger partial charge in [-0.3, -0.25) is 0 Å². The number of nitrogens with two attached hydrogens (primary N) is 1. The van der Waals surface area contributed by atoms with Crippen molar-refractivity contribution in [3.63, 3.8) is 0 Å². The summed E-state index contributed by atoms with van der Waals surface area (Å²) in [6.07, 6.45) is 2.45. The molecule has 0 spiro atoms. The van der Waals surface area contributed by atoms with Crippen molar-refractivity contribution in [2.75, 3.05) is 23.5 Å². The molecule has 90 valence electrons. The SMILES string of the molecule is CSCCCS(=O)(=O)c1cc(F)ccc1N. The molecule has 0 radical (unpaired) electrons. The second-order valence-corrected chi connectivity index (χ2v) is 6.41. The van der Waals surface area contributed by atoms with E-state index in [2.05, 4.69) is 0 Å². The first-order chi connectivity index (χ1) is 7.47. The van der Waals surface area contributed by atoms with E-state index in [-0.39, 0.29) is 16.3 Å². The zero-order valence-corrected chi connectivity index (χ0v) is 10.6. The van der Waals surface area contributed by atoms with Gasteiger partial charge < -0.3 is 5.73 Å². The van der Waals surface area contributed by atoms with E-state index in [4.69, 9.17) is 5.73 Å². The molecule has 0 fully saturated rings. The molecule has 16 heavy (non-hydrogen) atoms. The summed E-state index contributed by atoms with van der Waals surface area (Å²) in [4.78, 5) is -0.103. The number of thioether (sulfide) groups is 1. The van der Waals surface area contributed by atoms with Crippen molar-refractivity contribution in [3.8, 4) is 0 Å². The first-order valence-corrected chi connectivity index (χ1v) is 7.78. The highest BCUT2D eigenvalue weighted by Crippen LogP contribution is 2.21. The fourth-order valence-corrected chi connectivity index (χ4v) is 3.36. The number of hydrogen-bond donors (Lipinski definition) is 1. The molecule has 2 N–H and O–H groups in total. The Kier molecular flexibility index (Phi) is 4.61. The molecule has 0 aliphatic rings. The van der Waals surface area contributed by atoms with Gasteiger partial charge in [0.2, 0.25) is 0 Å². The summed E-state index contributed by atoms with van der Waals surface area (Å²) in [6.45, 7) is 0. The van der Waals surface area contributed by atoms with E-state index >= 15 is 0 Å². The normalized spacial score (nSPS) is 11.6. The number of benzene rings is 1. The number of nitrogen functional groups attached to an aromatic ring is 1. The fourth-order valence-electron chi connectivity index (χ4n) is 1.28. The molecule has 1 aromatic rings. The molecular formula is C10H14FNO2S2. The van der Waals surface area contributed by atoms with E-state index in [9.17, 15) is 12.8 Å². The number of anilines is 1. The third-order valence-electron chi connectivity index (χ3n) is 2.07. The van der Waals surface area contributed by atoms with Gasteiger partial charge in [0.25, 0.3) is 0 Å². The van der Waals surface area contributed by atoms with Crippen molar-refractivity contribution in [3.05, 3.63) is 24.0 Å². The molecular weight excluding hydrogens is 249 g/mol. The summed E-state index contributed by atoms with van der Waals surface area (Å²) in [7, 11) is -3.46. The molecule has 0 atom stereocenters. The van der Waals surface area contributed by atoms with Crippen LogP contribution < -0.4 is 5.73 Å². The van der Waals surface area contributed by atoms with Crippen LogP contribution in [-0.2, 0) is 9.84 Å². The maximum absolute atomic E-state index is 12.9. The topological polar surface area (TPSA) is 60.2 Å². The van der Waals surface area contributed by atoms with Gasteiger partial charge in [-0.25, -0.2) is 12.8 Å². The summed E-state index contributed by atoms with van der Waals surface area (Å²) >= 11 is 1.58. The van der Waals surface area contributed by atoms with Crippen molar-refractivity contribution in [1.82, 2.24) is 0 Å². The van der Waals surface area contributed by atoms with Crippen LogP contribution in [0.25, 0.3) is 0 Å². The summed E-state index contributed by atoms with van der Waals surface area (Å²) in [6, 6.07) is 3.40. The molecule has 0 bridgehead atoms. The molecule has 1 aromatic carbocycles. The molecule has 0 amide bonds. The van der Waals surface area contributed by atoms with Crippen LogP contribution in [0.4, 0.5) is 10.1 Å². The predicted octanol–water partition coefficient (Wildman–Crippen LogP) is 1.93. The van der Waals surface area contributed by atoms with Gasteiger partial charge in [0.05, 0.1) is 16.3 Å². The van der Waals surface area contributed by atoms with Crippen LogP contribution in [0.2, 0.25) is 0 Å². The Hall–Kier alpha value is -0.750. The van der Waals surface area contributed by atoms with Crippen molar-refractivity contribution >= 4 is 27.3 Å². The second-order valence-electron chi connectivity index (χ2n) is 3.35.